The second kappa shape index (κ2) is 13.9. The minimum Gasteiger partial charge on any atom is -0.456 e. The fraction of sp³-hybridized carbons (Fsp3) is 0. The van der Waals surface area contributed by atoms with Crippen molar-refractivity contribution in [1.82, 2.24) is 28.2 Å². The summed E-state index contributed by atoms with van der Waals surface area (Å²) in [5.74, 6) is 1.61. The molecule has 6 aromatic heterocycles. The molecule has 0 saturated carbocycles. The van der Waals surface area contributed by atoms with Crippen molar-refractivity contribution in [2.75, 3.05) is 0 Å². The summed E-state index contributed by atoms with van der Waals surface area (Å²) in [5, 5.41) is 8.75. The van der Waals surface area contributed by atoms with Gasteiger partial charge >= 0.3 is 0 Å². The highest BCUT2D eigenvalue weighted by atomic mass is 16.3. The van der Waals surface area contributed by atoms with Gasteiger partial charge in [0.05, 0.1) is 54.9 Å². The molecule has 0 amide bonds. The molecule has 0 radical (unpaired) electrons. The second-order valence-corrected chi connectivity index (χ2v) is 18.1. The number of aromatic nitrogens is 6. The van der Waals surface area contributed by atoms with Gasteiger partial charge in [-0.2, -0.15) is 0 Å². The van der Waals surface area contributed by atoms with Crippen LogP contribution in [-0.4, -0.2) is 28.2 Å². The molecule has 0 aliphatic rings. The third kappa shape index (κ3) is 5.08. The predicted molar refractivity (Wildman–Crippen MR) is 284 cm³/mol. The van der Waals surface area contributed by atoms with Gasteiger partial charge in [0.15, 0.2) is 0 Å². The maximum Gasteiger partial charge on any atom is 0.220 e. The molecule has 16 rings (SSSR count). The molecular formula is C62H36N6O2. The lowest BCUT2D eigenvalue weighted by Crippen LogP contribution is -2.05. The third-order valence-electron chi connectivity index (χ3n) is 14.4. The summed E-state index contributed by atoms with van der Waals surface area (Å²) in [6.45, 7) is 0. The monoisotopic (exact) mass is 896 g/mol. The van der Waals surface area contributed by atoms with Crippen molar-refractivity contribution in [3.63, 3.8) is 0 Å². The SMILES string of the molecule is c1ccc(-n2c(-n3c4ccccc4c4c5oc6ccccc6c5ccc43)nc3cc(-c4ccc5c(c4)c4ccc6oc7ccccc7c6c4n5-c4nc5ccccc5n4-c4ccccc4)ccc32)cc1. The van der Waals surface area contributed by atoms with Crippen LogP contribution < -0.4 is 0 Å². The zero-order valence-electron chi connectivity index (χ0n) is 37.3. The predicted octanol–water partition coefficient (Wildman–Crippen LogP) is 16.0. The van der Waals surface area contributed by atoms with E-state index in [1.54, 1.807) is 0 Å². The first-order valence-corrected chi connectivity index (χ1v) is 23.6. The van der Waals surface area contributed by atoms with Crippen molar-refractivity contribution in [2.24, 2.45) is 0 Å². The number of furan rings is 2. The van der Waals surface area contributed by atoms with Crippen LogP contribution in [-0.2, 0) is 0 Å². The third-order valence-corrected chi connectivity index (χ3v) is 14.4. The van der Waals surface area contributed by atoms with Crippen molar-refractivity contribution < 1.29 is 8.83 Å². The minimum absolute atomic E-state index is 0.802. The standard InChI is InChI=1S/C62H36N6O2/c1-3-15-39(16-4-1)65-51-24-12-10-22-47(51)63-62(65)68-50-31-27-37(35-46(50)42-30-34-56-58(59(42)68)45-21-9-14-26-55(45)69-56)38-28-32-52-48(36-38)64-61(66(52)40-17-5-2-6-18-40)67-49-23-11-7-20-44(49)57-53(67)33-29-43-41-19-8-13-25-54(41)70-60(43)57/h1-36H. The fourth-order valence-corrected chi connectivity index (χ4v) is 11.4. The summed E-state index contributed by atoms with van der Waals surface area (Å²) in [6.07, 6.45) is 0. The van der Waals surface area contributed by atoms with Crippen LogP contribution in [0.2, 0.25) is 0 Å². The number of hydrogen-bond donors (Lipinski definition) is 0. The zero-order chi connectivity index (χ0) is 45.6. The van der Waals surface area contributed by atoms with Crippen LogP contribution in [0.3, 0.4) is 0 Å². The number of nitrogens with zero attached hydrogens (tertiary/aromatic N) is 6. The first kappa shape index (κ1) is 37.4. The molecule has 10 aromatic carbocycles. The normalized spacial score (nSPS) is 12.3. The topological polar surface area (TPSA) is 71.8 Å². The molecule has 8 nitrogen and oxygen atoms in total. The number of fused-ring (bicyclic) bond motifs is 16. The van der Waals surface area contributed by atoms with Crippen molar-refractivity contribution >= 4 is 110 Å². The Kier molecular flexibility index (Phi) is 7.46. The Morgan fingerprint density at radius 3 is 1.64 bits per heavy atom. The van der Waals surface area contributed by atoms with Gasteiger partial charge in [-0.3, -0.25) is 18.3 Å². The van der Waals surface area contributed by atoms with Gasteiger partial charge in [-0.15, -0.1) is 0 Å². The first-order valence-electron chi connectivity index (χ1n) is 23.6. The van der Waals surface area contributed by atoms with E-state index >= 15 is 0 Å². The molecule has 0 N–H and O–H groups in total. The van der Waals surface area contributed by atoms with Crippen LogP contribution in [0.15, 0.2) is 227 Å². The summed E-state index contributed by atoms with van der Waals surface area (Å²) >= 11 is 0. The van der Waals surface area contributed by atoms with Crippen molar-refractivity contribution in [3.05, 3.63) is 218 Å². The van der Waals surface area contributed by atoms with Crippen molar-refractivity contribution in [3.8, 4) is 34.4 Å². The van der Waals surface area contributed by atoms with Gasteiger partial charge in [0.1, 0.15) is 22.3 Å². The van der Waals surface area contributed by atoms with Crippen LogP contribution >= 0.6 is 0 Å². The van der Waals surface area contributed by atoms with Gasteiger partial charge in [0.2, 0.25) is 11.9 Å². The lowest BCUT2D eigenvalue weighted by molar-refractivity contribution is 0.669. The molecule has 0 spiro atoms. The van der Waals surface area contributed by atoms with Gasteiger partial charge in [-0.1, -0.05) is 115 Å². The quantitative estimate of drug-likeness (QED) is 0.173. The molecular weight excluding hydrogens is 861 g/mol. The number of benzene rings is 10. The Bertz CT molecular complexity index is 4830. The van der Waals surface area contributed by atoms with Gasteiger partial charge in [0, 0.05) is 43.7 Å². The summed E-state index contributed by atoms with van der Waals surface area (Å²) in [4.78, 5) is 11.0. The van der Waals surface area contributed by atoms with Crippen LogP contribution in [0.1, 0.15) is 0 Å². The fourth-order valence-electron chi connectivity index (χ4n) is 11.4. The molecule has 70 heavy (non-hydrogen) atoms. The van der Waals surface area contributed by atoms with Crippen LogP contribution in [0.25, 0.3) is 144 Å². The van der Waals surface area contributed by atoms with Crippen molar-refractivity contribution in [2.45, 2.75) is 0 Å². The molecule has 0 bridgehead atoms. The molecule has 0 aliphatic carbocycles. The van der Waals surface area contributed by atoms with Crippen LogP contribution in [0.4, 0.5) is 0 Å². The van der Waals surface area contributed by atoms with E-state index in [0.717, 1.165) is 144 Å². The molecule has 0 unspecified atom stereocenters. The summed E-state index contributed by atoms with van der Waals surface area (Å²) < 4.78 is 22.4. The second-order valence-electron chi connectivity index (χ2n) is 18.1. The van der Waals surface area contributed by atoms with E-state index in [1.165, 1.54) is 0 Å². The molecule has 0 aliphatic heterocycles. The van der Waals surface area contributed by atoms with Gasteiger partial charge in [0.25, 0.3) is 0 Å². The molecule has 6 heterocycles. The molecule has 8 heteroatoms. The number of imidazole rings is 2. The Hall–Kier alpha value is -9.66. The number of hydrogen-bond acceptors (Lipinski definition) is 4. The van der Waals surface area contributed by atoms with E-state index in [4.69, 9.17) is 18.8 Å². The highest BCUT2D eigenvalue weighted by molar-refractivity contribution is 6.26. The Morgan fingerprint density at radius 1 is 0.300 bits per heavy atom. The van der Waals surface area contributed by atoms with E-state index in [9.17, 15) is 0 Å². The number of para-hydroxylation sites is 7. The van der Waals surface area contributed by atoms with Gasteiger partial charge in [-0.05, 0) is 114 Å². The Morgan fingerprint density at radius 2 is 0.857 bits per heavy atom. The molecule has 326 valence electrons. The largest absolute Gasteiger partial charge is 0.456 e. The Labute approximate surface area is 397 Å². The summed E-state index contributed by atoms with van der Waals surface area (Å²) in [6, 6.07) is 76.9. The molecule has 16 aromatic rings. The van der Waals surface area contributed by atoms with E-state index in [-0.39, 0.29) is 0 Å². The summed E-state index contributed by atoms with van der Waals surface area (Å²) in [5.41, 5.74) is 15.7. The van der Waals surface area contributed by atoms with E-state index < -0.39 is 0 Å². The highest BCUT2D eigenvalue weighted by Gasteiger charge is 2.26. The molecule has 0 fully saturated rings. The van der Waals surface area contributed by atoms with Crippen molar-refractivity contribution in [1.29, 1.82) is 0 Å². The van der Waals surface area contributed by atoms with E-state index in [2.05, 4.69) is 212 Å². The highest BCUT2D eigenvalue weighted by Crippen LogP contribution is 2.45. The first-order chi connectivity index (χ1) is 34.7. The smallest absolute Gasteiger partial charge is 0.220 e. The number of rotatable bonds is 5. The van der Waals surface area contributed by atoms with E-state index in [1.807, 2.05) is 24.3 Å². The summed E-state index contributed by atoms with van der Waals surface area (Å²) in [7, 11) is 0. The average Bonchev–Trinajstić information content (AvgIpc) is 4.27. The van der Waals surface area contributed by atoms with Gasteiger partial charge < -0.3 is 8.83 Å². The minimum atomic E-state index is 0.802. The molecule has 0 saturated heterocycles. The van der Waals surface area contributed by atoms with Crippen LogP contribution in [0.5, 0.6) is 0 Å². The maximum absolute atomic E-state index is 6.67. The van der Waals surface area contributed by atoms with E-state index in [0.29, 0.717) is 0 Å². The molecule has 0 atom stereocenters. The average molecular weight is 897 g/mol. The lowest BCUT2D eigenvalue weighted by Gasteiger charge is -2.13. The maximum atomic E-state index is 6.67. The zero-order valence-corrected chi connectivity index (χ0v) is 37.3. The van der Waals surface area contributed by atoms with Crippen LogP contribution in [0, 0.1) is 0 Å². The lowest BCUT2D eigenvalue weighted by atomic mass is 10.0. The van der Waals surface area contributed by atoms with Gasteiger partial charge in [-0.25, -0.2) is 9.97 Å². The Balaban J connectivity index is 0.945.